The number of rotatable bonds is 0. The summed E-state index contributed by atoms with van der Waals surface area (Å²) in [5, 5.41) is 0. The maximum absolute atomic E-state index is 2.08. The zero-order valence-electron chi connectivity index (χ0n) is 5.15. The van der Waals surface area contributed by atoms with Gasteiger partial charge in [-0.25, -0.2) is 0 Å². The topological polar surface area (TPSA) is 28.5 Å². The molecule has 0 aromatic heterocycles. The zero-order chi connectivity index (χ0) is 5.11. The predicted molar refractivity (Wildman–Crippen MR) is 31.9 cm³/mol. The standard InChI is InChI=1S/C7H8.Fe.O/c1-7-5-3-2-4-6-7;;/h2-6H,1H3;;/q;+2;-2. The quantitative estimate of drug-likeness (QED) is 0.523. The summed E-state index contributed by atoms with van der Waals surface area (Å²) in [5.41, 5.74) is 1.32. The van der Waals surface area contributed by atoms with E-state index in [2.05, 4.69) is 19.1 Å². The molecule has 0 aliphatic carbocycles. The Morgan fingerprint density at radius 2 is 1.44 bits per heavy atom. The monoisotopic (exact) mass is 164 g/mol. The molecule has 50 valence electrons. The van der Waals surface area contributed by atoms with Crippen LogP contribution in [-0.2, 0) is 22.5 Å². The number of hydrogen-bond acceptors (Lipinski definition) is 0. The molecule has 0 saturated carbocycles. The van der Waals surface area contributed by atoms with Gasteiger partial charge in [0.2, 0.25) is 0 Å². The van der Waals surface area contributed by atoms with Crippen molar-refractivity contribution in [3.8, 4) is 0 Å². The Kier molecular flexibility index (Phi) is 7.44. The minimum atomic E-state index is 0. The minimum Gasteiger partial charge on any atom is -2.00 e. The summed E-state index contributed by atoms with van der Waals surface area (Å²) in [6.07, 6.45) is 0. The molecular weight excluding hydrogens is 156 g/mol. The van der Waals surface area contributed by atoms with Crippen molar-refractivity contribution in [3.05, 3.63) is 35.9 Å². The van der Waals surface area contributed by atoms with Gasteiger partial charge in [0.15, 0.2) is 0 Å². The molecule has 0 fully saturated rings. The molecule has 0 atom stereocenters. The molecule has 0 aliphatic heterocycles. The van der Waals surface area contributed by atoms with Crippen molar-refractivity contribution in [1.82, 2.24) is 0 Å². The van der Waals surface area contributed by atoms with Gasteiger partial charge in [-0.3, -0.25) is 0 Å². The van der Waals surface area contributed by atoms with Crippen LogP contribution in [0.15, 0.2) is 30.3 Å². The Morgan fingerprint density at radius 3 is 1.67 bits per heavy atom. The Balaban J connectivity index is 0. The molecule has 0 bridgehead atoms. The van der Waals surface area contributed by atoms with Crippen molar-refractivity contribution in [2.75, 3.05) is 0 Å². The van der Waals surface area contributed by atoms with E-state index in [1.54, 1.807) is 0 Å². The minimum absolute atomic E-state index is 0. The first-order valence-corrected chi connectivity index (χ1v) is 2.41. The molecule has 0 amide bonds. The Labute approximate surface area is 65.9 Å². The summed E-state index contributed by atoms with van der Waals surface area (Å²) in [6.45, 7) is 2.08. The third kappa shape index (κ3) is 4.22. The number of benzene rings is 1. The second-order valence-electron chi connectivity index (χ2n) is 1.65. The van der Waals surface area contributed by atoms with Crippen LogP contribution in [0.25, 0.3) is 0 Å². The smallest absolute Gasteiger partial charge is 2.00 e. The van der Waals surface area contributed by atoms with Crippen LogP contribution in [0.5, 0.6) is 0 Å². The molecule has 0 radical (unpaired) electrons. The maximum atomic E-state index is 2.08. The van der Waals surface area contributed by atoms with Crippen LogP contribution in [-0.4, -0.2) is 0 Å². The molecule has 0 N–H and O–H groups in total. The van der Waals surface area contributed by atoms with Gasteiger partial charge in [-0.2, -0.15) is 0 Å². The van der Waals surface area contributed by atoms with Gasteiger partial charge < -0.3 is 5.48 Å². The average molecular weight is 164 g/mol. The van der Waals surface area contributed by atoms with Gasteiger partial charge in [-0.05, 0) is 6.92 Å². The Bertz CT molecular complexity index is 139. The Hall–Kier alpha value is -0.301. The van der Waals surface area contributed by atoms with Gasteiger partial charge in [-0.1, -0.05) is 35.9 Å². The van der Waals surface area contributed by atoms with Crippen LogP contribution in [0, 0.1) is 6.92 Å². The van der Waals surface area contributed by atoms with Crippen molar-refractivity contribution in [1.29, 1.82) is 0 Å². The van der Waals surface area contributed by atoms with Crippen molar-refractivity contribution in [2.45, 2.75) is 6.92 Å². The van der Waals surface area contributed by atoms with E-state index in [1.807, 2.05) is 18.2 Å². The van der Waals surface area contributed by atoms with Crippen molar-refractivity contribution in [2.24, 2.45) is 0 Å². The molecule has 1 aromatic rings. The first-order valence-electron chi connectivity index (χ1n) is 2.41. The molecule has 0 spiro atoms. The van der Waals surface area contributed by atoms with E-state index in [1.165, 1.54) is 5.56 Å². The van der Waals surface area contributed by atoms with Gasteiger partial charge in [0.1, 0.15) is 0 Å². The third-order valence-electron chi connectivity index (χ3n) is 0.940. The average Bonchev–Trinajstić information content (AvgIpc) is 1.69. The fraction of sp³-hybridized carbons (Fsp3) is 0.143. The molecule has 0 unspecified atom stereocenters. The van der Waals surface area contributed by atoms with Crippen molar-refractivity contribution in [3.63, 3.8) is 0 Å². The molecule has 0 aliphatic rings. The molecule has 9 heavy (non-hydrogen) atoms. The zero-order valence-corrected chi connectivity index (χ0v) is 6.25. The summed E-state index contributed by atoms with van der Waals surface area (Å²) in [4.78, 5) is 0. The van der Waals surface area contributed by atoms with Gasteiger partial charge in [0.25, 0.3) is 0 Å². The fourth-order valence-electron chi connectivity index (χ4n) is 0.534. The van der Waals surface area contributed by atoms with E-state index in [0.717, 1.165) is 0 Å². The Morgan fingerprint density at radius 1 is 1.00 bits per heavy atom. The second kappa shape index (κ2) is 5.83. The summed E-state index contributed by atoms with van der Waals surface area (Å²) in [7, 11) is 0. The maximum Gasteiger partial charge on any atom is 2.00 e. The molecule has 1 nitrogen and oxygen atoms in total. The van der Waals surface area contributed by atoms with E-state index in [9.17, 15) is 0 Å². The van der Waals surface area contributed by atoms with E-state index in [0.29, 0.717) is 0 Å². The van der Waals surface area contributed by atoms with Crippen LogP contribution >= 0.6 is 0 Å². The van der Waals surface area contributed by atoms with E-state index in [-0.39, 0.29) is 22.5 Å². The largest absolute Gasteiger partial charge is 2.00 e. The molecule has 0 heterocycles. The van der Waals surface area contributed by atoms with Crippen LogP contribution in [0.3, 0.4) is 0 Å². The summed E-state index contributed by atoms with van der Waals surface area (Å²) >= 11 is 0. The van der Waals surface area contributed by atoms with Crippen LogP contribution in [0.2, 0.25) is 0 Å². The van der Waals surface area contributed by atoms with E-state index in [4.69, 9.17) is 0 Å². The molecule has 1 aromatic carbocycles. The van der Waals surface area contributed by atoms with Crippen LogP contribution < -0.4 is 0 Å². The van der Waals surface area contributed by atoms with Crippen LogP contribution in [0.4, 0.5) is 0 Å². The van der Waals surface area contributed by atoms with Crippen molar-refractivity contribution >= 4 is 0 Å². The fourth-order valence-corrected chi connectivity index (χ4v) is 0.534. The third-order valence-corrected chi connectivity index (χ3v) is 0.940. The van der Waals surface area contributed by atoms with Crippen molar-refractivity contribution < 1.29 is 22.5 Å². The second-order valence-corrected chi connectivity index (χ2v) is 1.65. The first-order chi connectivity index (χ1) is 3.39. The first kappa shape index (κ1) is 11.5. The van der Waals surface area contributed by atoms with E-state index < -0.39 is 0 Å². The van der Waals surface area contributed by atoms with E-state index >= 15 is 0 Å². The SMILES string of the molecule is Cc1ccccc1.[Fe+2].[O-2]. The number of hydrogen-bond donors (Lipinski definition) is 0. The normalized spacial score (nSPS) is 6.78. The van der Waals surface area contributed by atoms with Crippen LogP contribution in [0.1, 0.15) is 5.56 Å². The summed E-state index contributed by atoms with van der Waals surface area (Å²) in [5.74, 6) is 0. The predicted octanol–water partition coefficient (Wildman–Crippen LogP) is 1.87. The molecular formula is C7H8FeO. The molecule has 2 heteroatoms. The van der Waals surface area contributed by atoms with Gasteiger partial charge in [-0.15, -0.1) is 0 Å². The summed E-state index contributed by atoms with van der Waals surface area (Å²) < 4.78 is 0. The van der Waals surface area contributed by atoms with Gasteiger partial charge >= 0.3 is 17.1 Å². The molecule has 0 saturated heterocycles. The van der Waals surface area contributed by atoms with Gasteiger partial charge in [0, 0.05) is 0 Å². The summed E-state index contributed by atoms with van der Waals surface area (Å²) in [6, 6.07) is 10.3. The van der Waals surface area contributed by atoms with Gasteiger partial charge in [0.05, 0.1) is 0 Å². The molecule has 1 rings (SSSR count). The number of aryl methyl sites for hydroxylation is 1.